The monoisotopic (exact) mass is 223 g/mol. The fourth-order valence-electron chi connectivity index (χ4n) is 1.31. The molecule has 2 N–H and O–H groups in total. The van der Waals surface area contributed by atoms with Gasteiger partial charge in [-0.25, -0.2) is 4.79 Å². The number of amides is 1. The summed E-state index contributed by atoms with van der Waals surface area (Å²) < 4.78 is 4.66. The number of hydrogen-bond acceptors (Lipinski definition) is 3. The number of ether oxygens (including phenoxy) is 1. The Labute approximate surface area is 93.0 Å². The Morgan fingerprint density at radius 1 is 1.44 bits per heavy atom. The van der Waals surface area contributed by atoms with Crippen molar-refractivity contribution < 1.29 is 19.4 Å². The quantitative estimate of drug-likeness (QED) is 0.806. The van der Waals surface area contributed by atoms with Crippen molar-refractivity contribution in [1.29, 1.82) is 0 Å². The number of carboxylic acids is 1. The van der Waals surface area contributed by atoms with Crippen molar-refractivity contribution in [2.24, 2.45) is 0 Å². The van der Waals surface area contributed by atoms with E-state index in [1.54, 1.807) is 19.1 Å². The van der Waals surface area contributed by atoms with Gasteiger partial charge in [0.1, 0.15) is 6.61 Å². The van der Waals surface area contributed by atoms with Gasteiger partial charge in [-0.1, -0.05) is 0 Å². The summed E-state index contributed by atoms with van der Waals surface area (Å²) in [6, 6.07) is 4.61. The highest BCUT2D eigenvalue weighted by molar-refractivity contribution is 5.94. The summed E-state index contributed by atoms with van der Waals surface area (Å²) in [5.74, 6) is -1.25. The molecule has 5 nitrogen and oxygen atoms in total. The predicted octanol–water partition coefficient (Wildman–Crippen LogP) is 1.28. The number of nitrogens with one attached hydrogen (secondary N) is 1. The van der Waals surface area contributed by atoms with E-state index in [-0.39, 0.29) is 18.1 Å². The maximum absolute atomic E-state index is 11.2. The summed E-state index contributed by atoms with van der Waals surface area (Å²) in [6.07, 6.45) is 0. The van der Waals surface area contributed by atoms with Crippen LogP contribution in [-0.4, -0.2) is 30.7 Å². The average Bonchev–Trinajstić information content (AvgIpc) is 2.17. The van der Waals surface area contributed by atoms with E-state index in [1.165, 1.54) is 13.2 Å². The third-order valence-corrected chi connectivity index (χ3v) is 2.02. The van der Waals surface area contributed by atoms with Crippen LogP contribution in [-0.2, 0) is 9.53 Å². The number of methoxy groups -OCH3 is 1. The van der Waals surface area contributed by atoms with E-state index in [2.05, 4.69) is 10.1 Å². The molecule has 0 heterocycles. The van der Waals surface area contributed by atoms with E-state index in [4.69, 9.17) is 5.11 Å². The van der Waals surface area contributed by atoms with Crippen LogP contribution in [0.1, 0.15) is 15.9 Å². The lowest BCUT2D eigenvalue weighted by atomic mass is 10.1. The van der Waals surface area contributed by atoms with Crippen molar-refractivity contribution in [1.82, 2.24) is 0 Å². The van der Waals surface area contributed by atoms with Crippen LogP contribution >= 0.6 is 0 Å². The molecule has 16 heavy (non-hydrogen) atoms. The number of anilines is 1. The highest BCUT2D eigenvalue weighted by atomic mass is 16.5. The molecule has 5 heteroatoms. The first kappa shape index (κ1) is 12.2. The van der Waals surface area contributed by atoms with Gasteiger partial charge in [-0.3, -0.25) is 4.79 Å². The smallest absolute Gasteiger partial charge is 0.335 e. The van der Waals surface area contributed by atoms with Crippen LogP contribution in [0.15, 0.2) is 18.2 Å². The summed E-state index contributed by atoms with van der Waals surface area (Å²) >= 11 is 0. The van der Waals surface area contributed by atoms with Crippen molar-refractivity contribution in [2.45, 2.75) is 6.92 Å². The van der Waals surface area contributed by atoms with E-state index in [0.717, 1.165) is 0 Å². The zero-order valence-electron chi connectivity index (χ0n) is 9.11. The molecule has 0 aliphatic rings. The van der Waals surface area contributed by atoms with Crippen molar-refractivity contribution in [2.75, 3.05) is 19.0 Å². The lowest BCUT2D eigenvalue weighted by Crippen LogP contribution is -2.17. The van der Waals surface area contributed by atoms with E-state index in [0.29, 0.717) is 11.3 Å². The molecule has 0 bridgehead atoms. The first-order valence-electron chi connectivity index (χ1n) is 4.67. The molecule has 0 spiro atoms. The maximum atomic E-state index is 11.2. The highest BCUT2D eigenvalue weighted by Gasteiger charge is 2.08. The molecule has 0 saturated heterocycles. The van der Waals surface area contributed by atoms with Gasteiger partial charge in [0.15, 0.2) is 0 Å². The maximum Gasteiger partial charge on any atom is 0.335 e. The zero-order chi connectivity index (χ0) is 12.1. The van der Waals surface area contributed by atoms with Gasteiger partial charge in [-0.15, -0.1) is 0 Å². The largest absolute Gasteiger partial charge is 0.478 e. The Bertz CT molecular complexity index is 414. The van der Waals surface area contributed by atoms with Crippen molar-refractivity contribution in [3.05, 3.63) is 29.3 Å². The number of benzene rings is 1. The van der Waals surface area contributed by atoms with E-state index in [9.17, 15) is 9.59 Å². The molecule has 1 aromatic rings. The topological polar surface area (TPSA) is 75.6 Å². The summed E-state index contributed by atoms with van der Waals surface area (Å²) in [5, 5.41) is 11.4. The van der Waals surface area contributed by atoms with Gasteiger partial charge in [0.25, 0.3) is 0 Å². The number of hydrogen-bond donors (Lipinski definition) is 2. The first-order valence-corrected chi connectivity index (χ1v) is 4.67. The lowest BCUT2D eigenvalue weighted by Gasteiger charge is -2.07. The predicted molar refractivity (Wildman–Crippen MR) is 58.6 cm³/mol. The Hall–Kier alpha value is -1.88. The first-order chi connectivity index (χ1) is 7.54. The van der Waals surface area contributed by atoms with Crippen LogP contribution in [0.2, 0.25) is 0 Å². The Balaban J connectivity index is 2.81. The molecular formula is C11H13NO4. The van der Waals surface area contributed by atoms with Gasteiger partial charge in [-0.05, 0) is 30.7 Å². The number of carbonyl (C=O) groups excluding carboxylic acids is 1. The van der Waals surface area contributed by atoms with Crippen LogP contribution in [0.5, 0.6) is 0 Å². The molecule has 0 aliphatic heterocycles. The van der Waals surface area contributed by atoms with E-state index >= 15 is 0 Å². The number of carboxylic acid groups (broad SMARTS) is 1. The molecule has 86 valence electrons. The minimum atomic E-state index is -0.979. The number of aromatic carboxylic acids is 1. The molecule has 1 amide bonds. The second kappa shape index (κ2) is 5.27. The second-order valence-corrected chi connectivity index (χ2v) is 3.32. The van der Waals surface area contributed by atoms with Gasteiger partial charge >= 0.3 is 5.97 Å². The summed E-state index contributed by atoms with van der Waals surface area (Å²) in [5.41, 5.74) is 1.39. The lowest BCUT2D eigenvalue weighted by molar-refractivity contribution is -0.119. The van der Waals surface area contributed by atoms with Crippen LogP contribution in [0.3, 0.4) is 0 Å². The molecular weight excluding hydrogens is 210 g/mol. The van der Waals surface area contributed by atoms with Crippen LogP contribution in [0.4, 0.5) is 5.69 Å². The van der Waals surface area contributed by atoms with E-state index in [1.807, 2.05) is 0 Å². The standard InChI is InChI=1S/C11H13NO4/c1-7-5-8(12-10(13)6-16-2)3-4-9(7)11(14)15/h3-5H,6H2,1-2H3,(H,12,13)(H,14,15). The summed E-state index contributed by atoms with van der Waals surface area (Å²) in [4.78, 5) is 21.9. The summed E-state index contributed by atoms with van der Waals surface area (Å²) in [7, 11) is 1.43. The number of rotatable bonds is 4. The van der Waals surface area contributed by atoms with Gasteiger partial charge in [0.2, 0.25) is 5.91 Å². The third-order valence-electron chi connectivity index (χ3n) is 2.02. The fraction of sp³-hybridized carbons (Fsp3) is 0.273. The second-order valence-electron chi connectivity index (χ2n) is 3.32. The van der Waals surface area contributed by atoms with Gasteiger partial charge in [0, 0.05) is 12.8 Å². The minimum Gasteiger partial charge on any atom is -0.478 e. The average molecular weight is 223 g/mol. The van der Waals surface area contributed by atoms with Crippen molar-refractivity contribution >= 4 is 17.6 Å². The molecule has 0 aliphatic carbocycles. The van der Waals surface area contributed by atoms with E-state index < -0.39 is 5.97 Å². The van der Waals surface area contributed by atoms with Crippen LogP contribution < -0.4 is 5.32 Å². The molecule has 1 aromatic carbocycles. The minimum absolute atomic E-state index is 0.0280. The van der Waals surface area contributed by atoms with Crippen LogP contribution in [0.25, 0.3) is 0 Å². The third kappa shape index (κ3) is 3.06. The summed E-state index contributed by atoms with van der Waals surface area (Å²) in [6.45, 7) is 1.65. The number of aryl methyl sites for hydroxylation is 1. The number of carbonyl (C=O) groups is 2. The molecule has 0 unspecified atom stereocenters. The Kier molecular flexibility index (Phi) is 4.02. The van der Waals surface area contributed by atoms with Gasteiger partial charge in [0.05, 0.1) is 5.56 Å². The molecule has 1 rings (SSSR count). The highest BCUT2D eigenvalue weighted by Crippen LogP contribution is 2.15. The van der Waals surface area contributed by atoms with Crippen molar-refractivity contribution in [3.8, 4) is 0 Å². The normalized spacial score (nSPS) is 9.88. The fourth-order valence-corrected chi connectivity index (χ4v) is 1.31. The molecule has 0 radical (unpaired) electrons. The SMILES string of the molecule is COCC(=O)Nc1ccc(C(=O)O)c(C)c1. The molecule has 0 aromatic heterocycles. The van der Waals surface area contributed by atoms with Crippen LogP contribution in [0, 0.1) is 6.92 Å². The Morgan fingerprint density at radius 3 is 2.62 bits per heavy atom. The zero-order valence-corrected chi connectivity index (χ0v) is 9.11. The van der Waals surface area contributed by atoms with Gasteiger partial charge in [-0.2, -0.15) is 0 Å². The van der Waals surface area contributed by atoms with Crippen molar-refractivity contribution in [3.63, 3.8) is 0 Å². The van der Waals surface area contributed by atoms with Gasteiger partial charge < -0.3 is 15.2 Å². The molecule has 0 atom stereocenters. The molecule has 0 saturated carbocycles. The molecule has 0 fully saturated rings. The Morgan fingerprint density at radius 2 is 2.12 bits per heavy atom.